The maximum absolute atomic E-state index is 13.3. The first-order chi connectivity index (χ1) is 14.0. The van der Waals surface area contributed by atoms with E-state index in [9.17, 15) is 18.4 Å². The van der Waals surface area contributed by atoms with Crippen LogP contribution in [0.3, 0.4) is 0 Å². The van der Waals surface area contributed by atoms with Crippen LogP contribution in [0, 0.1) is 0 Å². The number of alkyl halides is 2. The fourth-order valence-corrected chi connectivity index (χ4v) is 3.15. The highest BCUT2D eigenvalue weighted by molar-refractivity contribution is 5.98. The summed E-state index contributed by atoms with van der Waals surface area (Å²) in [4.78, 5) is 25.6. The van der Waals surface area contributed by atoms with Crippen LogP contribution < -0.4 is 5.32 Å². The van der Waals surface area contributed by atoms with Gasteiger partial charge in [-0.1, -0.05) is 72.8 Å². The molecule has 3 nitrogen and oxygen atoms in total. The van der Waals surface area contributed by atoms with E-state index in [1.165, 1.54) is 18.2 Å². The predicted octanol–water partition coefficient (Wildman–Crippen LogP) is 4.78. The molecule has 148 valence electrons. The van der Waals surface area contributed by atoms with Crippen LogP contribution in [-0.4, -0.2) is 17.7 Å². The molecule has 0 saturated heterocycles. The number of hydrogen-bond donors (Lipinski definition) is 1. The Morgan fingerprint density at radius 3 is 2.03 bits per heavy atom. The molecule has 0 aliphatic heterocycles. The zero-order valence-corrected chi connectivity index (χ0v) is 15.7. The zero-order valence-electron chi connectivity index (χ0n) is 15.7. The largest absolute Gasteiger partial charge is 0.342 e. The molecule has 0 spiro atoms. The lowest BCUT2D eigenvalue weighted by atomic mass is 9.95. The highest BCUT2D eigenvalue weighted by Gasteiger charge is 2.24. The van der Waals surface area contributed by atoms with E-state index in [0.717, 1.165) is 5.56 Å². The van der Waals surface area contributed by atoms with E-state index < -0.39 is 12.5 Å². The molecule has 1 amide bonds. The second-order valence-corrected chi connectivity index (χ2v) is 6.72. The SMILES string of the molecule is O=C(NC(Cc1ccccc1)C(=O)Cc1ccccc1C(F)F)c1ccccc1. The molecule has 0 saturated carbocycles. The molecule has 1 atom stereocenters. The van der Waals surface area contributed by atoms with Crippen LogP contribution in [0.1, 0.15) is 33.5 Å². The van der Waals surface area contributed by atoms with Gasteiger partial charge >= 0.3 is 0 Å². The lowest BCUT2D eigenvalue weighted by molar-refractivity contribution is -0.120. The maximum atomic E-state index is 13.3. The minimum Gasteiger partial charge on any atom is -0.342 e. The molecule has 29 heavy (non-hydrogen) atoms. The van der Waals surface area contributed by atoms with E-state index >= 15 is 0 Å². The molecule has 0 aliphatic carbocycles. The first-order valence-electron chi connectivity index (χ1n) is 9.33. The number of carbonyl (C=O) groups is 2. The van der Waals surface area contributed by atoms with Gasteiger partial charge in [0.2, 0.25) is 0 Å². The van der Waals surface area contributed by atoms with E-state index in [2.05, 4.69) is 5.32 Å². The number of ketones is 1. The fraction of sp³-hybridized carbons (Fsp3) is 0.167. The second kappa shape index (κ2) is 9.73. The van der Waals surface area contributed by atoms with Gasteiger partial charge in [0.05, 0.1) is 6.04 Å². The molecule has 1 N–H and O–H groups in total. The van der Waals surface area contributed by atoms with E-state index in [0.29, 0.717) is 5.56 Å². The van der Waals surface area contributed by atoms with Crippen molar-refractivity contribution in [1.82, 2.24) is 5.32 Å². The Labute approximate surface area is 168 Å². The molecule has 1 unspecified atom stereocenters. The number of amides is 1. The number of rotatable bonds is 8. The van der Waals surface area contributed by atoms with Crippen molar-refractivity contribution in [2.24, 2.45) is 0 Å². The van der Waals surface area contributed by atoms with E-state index in [1.54, 1.807) is 36.4 Å². The van der Waals surface area contributed by atoms with Crippen LogP contribution in [0.2, 0.25) is 0 Å². The van der Waals surface area contributed by atoms with Crippen molar-refractivity contribution in [3.8, 4) is 0 Å². The minimum absolute atomic E-state index is 0.159. The Balaban J connectivity index is 1.82. The van der Waals surface area contributed by atoms with Gasteiger partial charge in [-0.15, -0.1) is 0 Å². The molecular weight excluding hydrogens is 372 g/mol. The number of halogens is 2. The quantitative estimate of drug-likeness (QED) is 0.599. The van der Waals surface area contributed by atoms with Gasteiger partial charge < -0.3 is 5.32 Å². The summed E-state index contributed by atoms with van der Waals surface area (Å²) in [5.41, 5.74) is 1.43. The van der Waals surface area contributed by atoms with Crippen LogP contribution in [0.5, 0.6) is 0 Å². The molecule has 3 aromatic carbocycles. The van der Waals surface area contributed by atoms with Gasteiger partial charge in [-0.25, -0.2) is 8.78 Å². The summed E-state index contributed by atoms with van der Waals surface area (Å²) in [6, 6.07) is 23.1. The molecule has 3 rings (SSSR count). The number of hydrogen-bond acceptors (Lipinski definition) is 2. The molecule has 0 fully saturated rings. The van der Waals surface area contributed by atoms with Gasteiger partial charge in [0, 0.05) is 17.5 Å². The van der Waals surface area contributed by atoms with Crippen LogP contribution in [0.25, 0.3) is 0 Å². The summed E-state index contributed by atoms with van der Waals surface area (Å²) in [6.07, 6.45) is -2.55. The topological polar surface area (TPSA) is 46.2 Å². The van der Waals surface area contributed by atoms with Gasteiger partial charge in [-0.05, 0) is 29.7 Å². The molecule has 0 aromatic heterocycles. The Morgan fingerprint density at radius 2 is 1.38 bits per heavy atom. The summed E-state index contributed by atoms with van der Waals surface area (Å²) < 4.78 is 26.6. The van der Waals surface area contributed by atoms with E-state index in [-0.39, 0.29) is 35.7 Å². The van der Waals surface area contributed by atoms with Crippen molar-refractivity contribution in [2.45, 2.75) is 25.3 Å². The summed E-state index contributed by atoms with van der Waals surface area (Å²) >= 11 is 0. The van der Waals surface area contributed by atoms with Crippen molar-refractivity contribution in [3.05, 3.63) is 107 Å². The Hall–Kier alpha value is -3.34. The predicted molar refractivity (Wildman–Crippen MR) is 108 cm³/mol. The smallest absolute Gasteiger partial charge is 0.264 e. The van der Waals surface area contributed by atoms with Crippen molar-refractivity contribution < 1.29 is 18.4 Å². The van der Waals surface area contributed by atoms with Crippen LogP contribution in [-0.2, 0) is 17.6 Å². The molecule has 0 radical (unpaired) electrons. The molecule has 3 aromatic rings. The van der Waals surface area contributed by atoms with Gasteiger partial charge in [-0.3, -0.25) is 9.59 Å². The molecule has 0 bridgehead atoms. The monoisotopic (exact) mass is 393 g/mol. The first kappa shape index (κ1) is 20.4. The van der Waals surface area contributed by atoms with Crippen molar-refractivity contribution in [2.75, 3.05) is 0 Å². The third-order valence-electron chi connectivity index (χ3n) is 4.67. The summed E-state index contributed by atoms with van der Waals surface area (Å²) in [6.45, 7) is 0. The Kier molecular flexibility index (Phi) is 6.85. The van der Waals surface area contributed by atoms with Crippen molar-refractivity contribution in [1.29, 1.82) is 0 Å². The second-order valence-electron chi connectivity index (χ2n) is 6.72. The zero-order chi connectivity index (χ0) is 20.6. The van der Waals surface area contributed by atoms with Crippen LogP contribution in [0.15, 0.2) is 84.9 Å². The first-order valence-corrected chi connectivity index (χ1v) is 9.33. The average Bonchev–Trinajstić information content (AvgIpc) is 2.74. The van der Waals surface area contributed by atoms with Crippen molar-refractivity contribution in [3.63, 3.8) is 0 Å². The summed E-state index contributed by atoms with van der Waals surface area (Å²) in [7, 11) is 0. The highest BCUT2D eigenvalue weighted by atomic mass is 19.3. The van der Waals surface area contributed by atoms with Crippen LogP contribution >= 0.6 is 0 Å². The summed E-state index contributed by atoms with van der Waals surface area (Å²) in [5, 5.41) is 2.77. The van der Waals surface area contributed by atoms with Crippen molar-refractivity contribution >= 4 is 11.7 Å². The minimum atomic E-state index is -2.66. The number of Topliss-reactive ketones (excluding diaryl/α,β-unsaturated/α-hetero) is 1. The maximum Gasteiger partial charge on any atom is 0.264 e. The Morgan fingerprint density at radius 1 is 0.793 bits per heavy atom. The van der Waals surface area contributed by atoms with Gasteiger partial charge in [0.25, 0.3) is 12.3 Å². The van der Waals surface area contributed by atoms with Gasteiger partial charge in [-0.2, -0.15) is 0 Å². The average molecular weight is 393 g/mol. The third kappa shape index (κ3) is 5.57. The standard InChI is InChI=1S/C24H21F2NO2/c25-23(26)20-14-8-7-13-19(20)16-22(28)21(15-17-9-3-1-4-10-17)27-24(29)18-11-5-2-6-12-18/h1-14,21,23H,15-16H2,(H,27,29). The Bertz CT molecular complexity index is 959. The van der Waals surface area contributed by atoms with Gasteiger partial charge in [0.15, 0.2) is 5.78 Å². The van der Waals surface area contributed by atoms with E-state index in [4.69, 9.17) is 0 Å². The van der Waals surface area contributed by atoms with Gasteiger partial charge in [0.1, 0.15) is 0 Å². The molecule has 5 heteroatoms. The lowest BCUT2D eigenvalue weighted by Gasteiger charge is -2.19. The number of carbonyl (C=O) groups excluding carboxylic acids is 2. The lowest BCUT2D eigenvalue weighted by Crippen LogP contribution is -2.43. The number of nitrogens with one attached hydrogen (secondary N) is 1. The summed E-state index contributed by atoms with van der Waals surface area (Å²) in [5.74, 6) is -0.687. The molecular formula is C24H21F2NO2. The fourth-order valence-electron chi connectivity index (χ4n) is 3.15. The van der Waals surface area contributed by atoms with Crippen LogP contribution in [0.4, 0.5) is 8.78 Å². The highest BCUT2D eigenvalue weighted by Crippen LogP contribution is 2.23. The molecule has 0 heterocycles. The number of benzene rings is 3. The third-order valence-corrected chi connectivity index (χ3v) is 4.67. The molecule has 0 aliphatic rings. The normalized spacial score (nSPS) is 11.8. The van der Waals surface area contributed by atoms with E-state index in [1.807, 2.05) is 30.3 Å².